The van der Waals surface area contributed by atoms with Crippen LogP contribution in [0.25, 0.3) is 0 Å². The van der Waals surface area contributed by atoms with Gasteiger partial charge in [-0.05, 0) is 36.8 Å². The Morgan fingerprint density at radius 1 is 1.23 bits per heavy atom. The SMILES string of the molecule is Cc1ccc(C2(C(=O)O)NN=C(c3ccccc3)O2)c(O)c1. The molecule has 1 unspecified atom stereocenters. The van der Waals surface area contributed by atoms with Crippen LogP contribution < -0.4 is 5.43 Å². The fourth-order valence-corrected chi connectivity index (χ4v) is 2.29. The largest absolute Gasteiger partial charge is 0.507 e. The van der Waals surface area contributed by atoms with Gasteiger partial charge >= 0.3 is 11.7 Å². The van der Waals surface area contributed by atoms with Crippen molar-refractivity contribution in [3.05, 3.63) is 65.2 Å². The van der Waals surface area contributed by atoms with Crippen LogP contribution in [-0.2, 0) is 15.3 Å². The van der Waals surface area contributed by atoms with Crippen molar-refractivity contribution in [1.29, 1.82) is 0 Å². The number of rotatable bonds is 3. The summed E-state index contributed by atoms with van der Waals surface area (Å²) in [5.41, 5.74) is 2.11. The number of ether oxygens (including phenoxy) is 1. The van der Waals surface area contributed by atoms with Gasteiger partial charge in [0.1, 0.15) is 5.75 Å². The van der Waals surface area contributed by atoms with Crippen LogP contribution in [0.4, 0.5) is 0 Å². The van der Waals surface area contributed by atoms with E-state index in [2.05, 4.69) is 10.5 Å². The lowest BCUT2D eigenvalue weighted by molar-refractivity contribution is -0.159. The second-order valence-electron chi connectivity index (χ2n) is 5.00. The molecule has 1 atom stereocenters. The van der Waals surface area contributed by atoms with Crippen LogP contribution in [0.3, 0.4) is 0 Å². The summed E-state index contributed by atoms with van der Waals surface area (Å²) in [6, 6.07) is 13.6. The molecule has 6 nitrogen and oxygen atoms in total. The van der Waals surface area contributed by atoms with Crippen molar-refractivity contribution in [2.75, 3.05) is 0 Å². The summed E-state index contributed by atoms with van der Waals surface area (Å²) in [6.45, 7) is 1.80. The number of nitrogens with one attached hydrogen (secondary N) is 1. The van der Waals surface area contributed by atoms with Gasteiger partial charge in [0.15, 0.2) is 0 Å². The van der Waals surface area contributed by atoms with E-state index in [-0.39, 0.29) is 17.2 Å². The van der Waals surface area contributed by atoms with Gasteiger partial charge in [-0.25, -0.2) is 4.79 Å². The second kappa shape index (κ2) is 5.07. The Morgan fingerprint density at radius 3 is 2.59 bits per heavy atom. The van der Waals surface area contributed by atoms with Crippen LogP contribution in [0.1, 0.15) is 16.7 Å². The summed E-state index contributed by atoms with van der Waals surface area (Å²) in [7, 11) is 0. The Bertz CT molecular complexity index is 758. The first-order valence-electron chi connectivity index (χ1n) is 6.66. The van der Waals surface area contributed by atoms with Gasteiger partial charge in [0.05, 0.1) is 5.56 Å². The number of carboxylic acid groups (broad SMARTS) is 1. The number of phenolic OH excluding ortho intramolecular Hbond substituents is 1. The van der Waals surface area contributed by atoms with Gasteiger partial charge in [0.25, 0.3) is 0 Å². The van der Waals surface area contributed by atoms with E-state index in [4.69, 9.17) is 4.74 Å². The maximum atomic E-state index is 11.8. The second-order valence-corrected chi connectivity index (χ2v) is 5.00. The molecule has 22 heavy (non-hydrogen) atoms. The Kier molecular flexibility index (Phi) is 3.21. The fraction of sp³-hybridized carbons (Fsp3) is 0.125. The monoisotopic (exact) mass is 298 g/mol. The number of carboxylic acids is 1. The number of carbonyl (C=O) groups is 1. The van der Waals surface area contributed by atoms with E-state index in [0.717, 1.165) is 5.56 Å². The average molecular weight is 298 g/mol. The third-order valence-corrected chi connectivity index (χ3v) is 3.42. The Hall–Kier alpha value is -3.02. The summed E-state index contributed by atoms with van der Waals surface area (Å²) in [6.07, 6.45) is 0. The number of aryl methyl sites for hydroxylation is 1. The Morgan fingerprint density at radius 2 is 1.95 bits per heavy atom. The van der Waals surface area contributed by atoms with E-state index in [1.165, 1.54) is 12.1 Å². The molecule has 0 fully saturated rings. The molecule has 2 aromatic carbocycles. The molecule has 0 amide bonds. The zero-order valence-corrected chi connectivity index (χ0v) is 11.8. The molecule has 2 aromatic rings. The molecular formula is C16H14N2O4. The minimum absolute atomic E-state index is 0.0975. The minimum Gasteiger partial charge on any atom is -0.507 e. The normalized spacial score (nSPS) is 20.0. The maximum absolute atomic E-state index is 11.8. The van der Waals surface area contributed by atoms with E-state index >= 15 is 0 Å². The highest BCUT2D eigenvalue weighted by Crippen LogP contribution is 2.35. The van der Waals surface area contributed by atoms with Crippen molar-refractivity contribution in [2.45, 2.75) is 12.6 Å². The number of aliphatic carboxylic acids is 1. The maximum Gasteiger partial charge on any atom is 0.376 e. The van der Waals surface area contributed by atoms with Crippen LogP contribution in [0.5, 0.6) is 5.75 Å². The first kappa shape index (κ1) is 13.9. The first-order chi connectivity index (χ1) is 10.5. The lowest BCUT2D eigenvalue weighted by Crippen LogP contribution is -2.46. The van der Waals surface area contributed by atoms with E-state index in [0.29, 0.717) is 5.56 Å². The van der Waals surface area contributed by atoms with E-state index < -0.39 is 11.7 Å². The minimum atomic E-state index is -1.94. The van der Waals surface area contributed by atoms with Crippen molar-refractivity contribution >= 4 is 11.9 Å². The molecule has 1 aliphatic rings. The fourth-order valence-electron chi connectivity index (χ4n) is 2.29. The summed E-state index contributed by atoms with van der Waals surface area (Å²) in [5.74, 6) is -1.30. The summed E-state index contributed by atoms with van der Waals surface area (Å²) in [4.78, 5) is 11.8. The molecular weight excluding hydrogens is 284 g/mol. The molecule has 6 heteroatoms. The summed E-state index contributed by atoms with van der Waals surface area (Å²) < 4.78 is 5.58. The highest BCUT2D eigenvalue weighted by Gasteiger charge is 2.50. The van der Waals surface area contributed by atoms with Gasteiger partial charge in [-0.2, -0.15) is 0 Å². The third kappa shape index (κ3) is 2.14. The average Bonchev–Trinajstić information content (AvgIpc) is 2.94. The van der Waals surface area contributed by atoms with E-state index in [1.54, 1.807) is 37.3 Å². The molecule has 1 heterocycles. The van der Waals surface area contributed by atoms with Crippen LogP contribution in [0.2, 0.25) is 0 Å². The predicted molar refractivity (Wildman–Crippen MR) is 79.4 cm³/mol. The molecule has 0 aliphatic carbocycles. The van der Waals surface area contributed by atoms with Gasteiger partial charge < -0.3 is 14.9 Å². The first-order valence-corrected chi connectivity index (χ1v) is 6.66. The number of hydrogen-bond acceptors (Lipinski definition) is 5. The van der Waals surface area contributed by atoms with Crippen molar-refractivity contribution in [2.24, 2.45) is 5.10 Å². The van der Waals surface area contributed by atoms with Gasteiger partial charge in [-0.15, -0.1) is 5.10 Å². The molecule has 0 radical (unpaired) electrons. The molecule has 0 saturated heterocycles. The topological polar surface area (TPSA) is 91.2 Å². The van der Waals surface area contributed by atoms with E-state index in [9.17, 15) is 15.0 Å². The number of nitrogens with zero attached hydrogens (tertiary/aromatic N) is 1. The number of hydrogen-bond donors (Lipinski definition) is 3. The van der Waals surface area contributed by atoms with Crippen LogP contribution in [0, 0.1) is 6.92 Å². The Balaban J connectivity index is 2.01. The predicted octanol–water partition coefficient (Wildman–Crippen LogP) is 1.92. The van der Waals surface area contributed by atoms with Crippen molar-refractivity contribution in [3.63, 3.8) is 0 Å². The van der Waals surface area contributed by atoms with Crippen molar-refractivity contribution in [3.8, 4) is 5.75 Å². The molecule has 3 rings (SSSR count). The van der Waals surface area contributed by atoms with Gasteiger partial charge in [-0.3, -0.25) is 5.43 Å². The van der Waals surface area contributed by atoms with Crippen molar-refractivity contribution < 1.29 is 19.7 Å². The highest BCUT2D eigenvalue weighted by molar-refractivity contribution is 5.98. The molecule has 1 aliphatic heterocycles. The lowest BCUT2D eigenvalue weighted by atomic mass is 10.0. The van der Waals surface area contributed by atoms with Crippen LogP contribution >= 0.6 is 0 Å². The quantitative estimate of drug-likeness (QED) is 0.805. The molecule has 0 aromatic heterocycles. The zero-order valence-electron chi connectivity index (χ0n) is 11.8. The standard InChI is InChI=1S/C16H14N2O4/c1-10-7-8-12(13(19)9-10)16(15(20)21)18-17-14(22-16)11-5-3-2-4-6-11/h2-9,18-19H,1H3,(H,20,21). The van der Waals surface area contributed by atoms with Crippen molar-refractivity contribution in [1.82, 2.24) is 5.43 Å². The molecule has 0 bridgehead atoms. The molecule has 3 N–H and O–H groups in total. The number of hydrazone groups is 1. The highest BCUT2D eigenvalue weighted by atomic mass is 16.6. The van der Waals surface area contributed by atoms with Gasteiger partial charge in [0, 0.05) is 5.56 Å². The molecule has 0 spiro atoms. The van der Waals surface area contributed by atoms with Gasteiger partial charge in [0.2, 0.25) is 5.90 Å². The van der Waals surface area contributed by atoms with Crippen LogP contribution in [-0.4, -0.2) is 22.1 Å². The van der Waals surface area contributed by atoms with Crippen LogP contribution in [0.15, 0.2) is 53.6 Å². The third-order valence-electron chi connectivity index (χ3n) is 3.42. The van der Waals surface area contributed by atoms with Gasteiger partial charge in [-0.1, -0.05) is 24.3 Å². The smallest absolute Gasteiger partial charge is 0.376 e. The zero-order chi connectivity index (χ0) is 15.7. The number of aromatic hydroxyl groups is 1. The summed E-state index contributed by atoms with van der Waals surface area (Å²) in [5, 5.41) is 23.7. The molecule has 112 valence electrons. The number of phenols is 1. The Labute approximate surface area is 126 Å². The van der Waals surface area contributed by atoms with E-state index in [1.807, 2.05) is 6.07 Å². The molecule has 0 saturated carbocycles. The number of benzene rings is 2. The lowest BCUT2D eigenvalue weighted by Gasteiger charge is -2.24. The summed E-state index contributed by atoms with van der Waals surface area (Å²) >= 11 is 0.